The first-order chi connectivity index (χ1) is 8.17. The van der Waals surface area contributed by atoms with Gasteiger partial charge in [-0.2, -0.15) is 4.31 Å². The molecular weight excluding hydrogens is 278 g/mol. The summed E-state index contributed by atoms with van der Waals surface area (Å²) in [5, 5.41) is 8.92. The van der Waals surface area contributed by atoms with Crippen molar-refractivity contribution in [3.63, 3.8) is 0 Å². The SMILES string of the molecule is Cc1ccc(Cl)c(S(=O)(=O)N(C)C(C)C(=O)O)c1. The summed E-state index contributed by atoms with van der Waals surface area (Å²) in [5.74, 6) is -1.22. The first kappa shape index (κ1) is 14.9. The summed E-state index contributed by atoms with van der Waals surface area (Å²) in [7, 11) is -2.70. The Kier molecular flexibility index (Phi) is 4.37. The predicted molar refractivity (Wildman–Crippen MR) is 68.2 cm³/mol. The smallest absolute Gasteiger partial charge is 0.321 e. The van der Waals surface area contributed by atoms with E-state index < -0.39 is 22.0 Å². The molecule has 0 amide bonds. The minimum absolute atomic E-state index is 0.0741. The molecular formula is C11H14ClNO4S. The minimum Gasteiger partial charge on any atom is -0.480 e. The van der Waals surface area contributed by atoms with Crippen molar-refractivity contribution >= 4 is 27.6 Å². The third-order valence-corrected chi connectivity index (χ3v) is 5.06. The van der Waals surface area contributed by atoms with Crippen LogP contribution in [0.2, 0.25) is 5.02 Å². The first-order valence-electron chi connectivity index (χ1n) is 5.15. The highest BCUT2D eigenvalue weighted by Crippen LogP contribution is 2.26. The number of aryl methyl sites for hydroxylation is 1. The number of aliphatic carboxylic acids is 1. The van der Waals surface area contributed by atoms with E-state index in [9.17, 15) is 13.2 Å². The summed E-state index contributed by atoms with van der Waals surface area (Å²) < 4.78 is 25.2. The number of halogens is 1. The average molecular weight is 292 g/mol. The number of likely N-dealkylation sites (N-methyl/N-ethyl adjacent to an activating group) is 1. The van der Waals surface area contributed by atoms with Gasteiger partial charge in [0.1, 0.15) is 10.9 Å². The maximum absolute atomic E-state index is 12.2. The minimum atomic E-state index is -3.92. The van der Waals surface area contributed by atoms with Crippen molar-refractivity contribution in [2.45, 2.75) is 24.8 Å². The molecule has 1 unspecified atom stereocenters. The van der Waals surface area contributed by atoms with Crippen molar-refractivity contribution < 1.29 is 18.3 Å². The second-order valence-corrected chi connectivity index (χ2v) is 6.34. The van der Waals surface area contributed by atoms with Crippen molar-refractivity contribution in [1.29, 1.82) is 0 Å². The fourth-order valence-electron chi connectivity index (χ4n) is 1.33. The van der Waals surface area contributed by atoms with Crippen molar-refractivity contribution in [2.75, 3.05) is 7.05 Å². The molecule has 1 aromatic rings. The van der Waals surface area contributed by atoms with Crippen LogP contribution in [-0.2, 0) is 14.8 Å². The summed E-state index contributed by atoms with van der Waals surface area (Å²) >= 11 is 5.86. The Morgan fingerprint density at radius 2 is 2.00 bits per heavy atom. The quantitative estimate of drug-likeness (QED) is 0.917. The van der Waals surface area contributed by atoms with Crippen molar-refractivity contribution in [3.05, 3.63) is 28.8 Å². The van der Waals surface area contributed by atoms with E-state index in [0.29, 0.717) is 0 Å². The van der Waals surface area contributed by atoms with E-state index in [4.69, 9.17) is 16.7 Å². The third-order valence-electron chi connectivity index (χ3n) is 2.65. The number of nitrogens with zero attached hydrogens (tertiary/aromatic N) is 1. The highest BCUT2D eigenvalue weighted by Gasteiger charge is 2.30. The lowest BCUT2D eigenvalue weighted by Gasteiger charge is -2.21. The topological polar surface area (TPSA) is 74.7 Å². The summed E-state index contributed by atoms with van der Waals surface area (Å²) in [6.07, 6.45) is 0. The molecule has 1 N–H and O–H groups in total. The zero-order chi connectivity index (χ0) is 14.1. The van der Waals surface area contributed by atoms with Crippen LogP contribution in [0, 0.1) is 6.92 Å². The molecule has 0 saturated heterocycles. The van der Waals surface area contributed by atoms with Crippen LogP contribution in [0.4, 0.5) is 0 Å². The molecule has 0 aliphatic rings. The van der Waals surface area contributed by atoms with Gasteiger partial charge in [0.05, 0.1) is 5.02 Å². The van der Waals surface area contributed by atoms with Gasteiger partial charge in [-0.15, -0.1) is 0 Å². The van der Waals surface area contributed by atoms with Gasteiger partial charge in [-0.25, -0.2) is 8.42 Å². The Bertz CT molecular complexity index is 570. The van der Waals surface area contributed by atoms with E-state index in [1.54, 1.807) is 13.0 Å². The summed E-state index contributed by atoms with van der Waals surface area (Å²) in [6.45, 7) is 3.03. The predicted octanol–water partition coefficient (Wildman–Crippen LogP) is 1.74. The molecule has 1 atom stereocenters. The van der Waals surface area contributed by atoms with E-state index in [0.717, 1.165) is 9.87 Å². The van der Waals surface area contributed by atoms with Crippen LogP contribution in [0.1, 0.15) is 12.5 Å². The first-order valence-corrected chi connectivity index (χ1v) is 6.96. The second-order valence-electron chi connectivity index (χ2n) is 3.97. The second kappa shape index (κ2) is 5.26. The van der Waals surface area contributed by atoms with Gasteiger partial charge < -0.3 is 5.11 Å². The summed E-state index contributed by atoms with van der Waals surface area (Å²) in [6, 6.07) is 3.42. The van der Waals surface area contributed by atoms with Gasteiger partial charge >= 0.3 is 5.97 Å². The van der Waals surface area contributed by atoms with Crippen LogP contribution in [0.25, 0.3) is 0 Å². The molecule has 18 heavy (non-hydrogen) atoms. The molecule has 5 nitrogen and oxygen atoms in total. The Hall–Kier alpha value is -1.11. The molecule has 0 aliphatic heterocycles. The van der Waals surface area contributed by atoms with Gasteiger partial charge in [-0.05, 0) is 31.5 Å². The molecule has 0 heterocycles. The van der Waals surface area contributed by atoms with E-state index in [2.05, 4.69) is 0 Å². The Labute approximate surface area is 111 Å². The normalized spacial score (nSPS) is 13.6. The number of hydrogen-bond acceptors (Lipinski definition) is 3. The summed E-state index contributed by atoms with van der Waals surface area (Å²) in [5.41, 5.74) is 0.731. The molecule has 1 rings (SSSR count). The van der Waals surface area contributed by atoms with Gasteiger partial charge in [0.2, 0.25) is 10.0 Å². The highest BCUT2D eigenvalue weighted by atomic mass is 35.5. The molecule has 100 valence electrons. The molecule has 7 heteroatoms. The fourth-order valence-corrected chi connectivity index (χ4v) is 3.20. The highest BCUT2D eigenvalue weighted by molar-refractivity contribution is 7.89. The molecule has 0 aromatic heterocycles. The van der Waals surface area contributed by atoms with Gasteiger partial charge in [0.15, 0.2) is 0 Å². The van der Waals surface area contributed by atoms with Gasteiger partial charge in [0.25, 0.3) is 0 Å². The molecule has 0 fully saturated rings. The number of rotatable bonds is 4. The fraction of sp³-hybridized carbons (Fsp3) is 0.364. The van der Waals surface area contributed by atoms with E-state index in [1.807, 2.05) is 0 Å². The van der Waals surface area contributed by atoms with E-state index in [-0.39, 0.29) is 9.92 Å². The van der Waals surface area contributed by atoms with Crippen LogP contribution in [0.15, 0.2) is 23.1 Å². The average Bonchev–Trinajstić information content (AvgIpc) is 2.29. The number of carboxylic acids is 1. The monoisotopic (exact) mass is 291 g/mol. The number of hydrogen-bond donors (Lipinski definition) is 1. The lowest BCUT2D eigenvalue weighted by atomic mass is 10.2. The largest absolute Gasteiger partial charge is 0.480 e. The standard InChI is InChI=1S/C11H14ClNO4S/c1-7-4-5-9(12)10(6-7)18(16,17)13(3)8(2)11(14)15/h4-6,8H,1-3H3,(H,14,15). The van der Waals surface area contributed by atoms with E-state index >= 15 is 0 Å². The number of benzene rings is 1. The van der Waals surface area contributed by atoms with Crippen molar-refractivity contribution in [3.8, 4) is 0 Å². The zero-order valence-electron chi connectivity index (χ0n) is 10.2. The lowest BCUT2D eigenvalue weighted by molar-refractivity contribution is -0.140. The molecule has 0 saturated carbocycles. The maximum atomic E-state index is 12.2. The van der Waals surface area contributed by atoms with Gasteiger partial charge in [-0.3, -0.25) is 4.79 Å². The van der Waals surface area contributed by atoms with Crippen LogP contribution < -0.4 is 0 Å². The van der Waals surface area contributed by atoms with Gasteiger partial charge in [-0.1, -0.05) is 17.7 Å². The van der Waals surface area contributed by atoms with E-state index in [1.165, 1.54) is 26.1 Å². The molecule has 0 bridgehead atoms. The number of sulfonamides is 1. The number of carboxylic acid groups (broad SMARTS) is 1. The van der Waals surface area contributed by atoms with Gasteiger partial charge in [0, 0.05) is 7.05 Å². The van der Waals surface area contributed by atoms with Crippen LogP contribution >= 0.6 is 11.6 Å². The molecule has 1 aromatic carbocycles. The van der Waals surface area contributed by atoms with Crippen LogP contribution in [0.5, 0.6) is 0 Å². The Morgan fingerprint density at radius 3 is 2.50 bits per heavy atom. The summed E-state index contributed by atoms with van der Waals surface area (Å²) in [4.78, 5) is 10.7. The maximum Gasteiger partial charge on any atom is 0.321 e. The molecule has 0 spiro atoms. The molecule has 0 aliphatic carbocycles. The lowest BCUT2D eigenvalue weighted by Crippen LogP contribution is -2.40. The molecule has 0 radical (unpaired) electrons. The van der Waals surface area contributed by atoms with Crippen LogP contribution in [-0.4, -0.2) is 36.9 Å². The Morgan fingerprint density at radius 1 is 1.44 bits per heavy atom. The number of carbonyl (C=O) groups is 1. The third kappa shape index (κ3) is 2.82. The zero-order valence-corrected chi connectivity index (χ0v) is 11.8. The Balaban J connectivity index is 3.29. The van der Waals surface area contributed by atoms with Crippen molar-refractivity contribution in [2.24, 2.45) is 0 Å². The van der Waals surface area contributed by atoms with Crippen LogP contribution in [0.3, 0.4) is 0 Å². The van der Waals surface area contributed by atoms with Crippen molar-refractivity contribution in [1.82, 2.24) is 4.31 Å².